The fourth-order valence-electron chi connectivity index (χ4n) is 1.39. The maximum atomic E-state index is 12.7. The molecule has 0 bridgehead atoms. The van der Waals surface area contributed by atoms with Gasteiger partial charge < -0.3 is 39.8 Å². The number of ether oxygens (including phenoxy) is 5. The van der Waals surface area contributed by atoms with E-state index in [0.29, 0.717) is 59.5 Å². The number of alkyl halides is 1. The molecule has 1 atom stereocenters. The van der Waals surface area contributed by atoms with Gasteiger partial charge in [0.2, 0.25) is 0 Å². The Morgan fingerprint density at radius 1 is 0.875 bits per heavy atom. The fraction of sp³-hybridized carbons (Fsp3) is 0.929. The Hall–Kier alpha value is -1.04. The Kier molecular flexibility index (Phi) is 17.5. The number of rotatable bonds is 18. The van der Waals surface area contributed by atoms with Crippen LogP contribution < -0.4 is 11.1 Å². The lowest BCUT2D eigenvalue weighted by Crippen LogP contribution is -2.25. The van der Waals surface area contributed by atoms with Crippen LogP contribution >= 0.6 is 0 Å². The molecule has 0 aliphatic carbocycles. The molecule has 0 saturated heterocycles. The molecule has 0 aromatic heterocycles. The monoisotopic (exact) mass is 356 g/mol. The first-order valence-electron chi connectivity index (χ1n) is 7.86. The van der Waals surface area contributed by atoms with Crippen molar-refractivity contribution in [1.82, 2.24) is 5.32 Å². The molecule has 0 spiro atoms. The fourth-order valence-corrected chi connectivity index (χ4v) is 1.39. The highest BCUT2D eigenvalue weighted by Gasteiger charge is 2.02. The van der Waals surface area contributed by atoms with Crippen molar-refractivity contribution < 1.29 is 38.0 Å². The van der Waals surface area contributed by atoms with Gasteiger partial charge in [-0.05, 0) is 0 Å². The quantitative estimate of drug-likeness (QED) is 0.285. The summed E-state index contributed by atoms with van der Waals surface area (Å²) in [6.07, 6.45) is -2.19. The van der Waals surface area contributed by atoms with Crippen molar-refractivity contribution in [2.75, 3.05) is 79.2 Å². The highest BCUT2D eigenvalue weighted by Crippen LogP contribution is 1.89. The maximum Gasteiger partial charge on any atom is 0.404 e. The lowest BCUT2D eigenvalue weighted by Gasteiger charge is -2.08. The van der Waals surface area contributed by atoms with Gasteiger partial charge in [0.05, 0.1) is 66.1 Å². The maximum absolute atomic E-state index is 12.7. The van der Waals surface area contributed by atoms with Crippen LogP contribution in [0.5, 0.6) is 0 Å². The first-order chi connectivity index (χ1) is 11.7. The van der Waals surface area contributed by atoms with Gasteiger partial charge in [0, 0.05) is 13.1 Å². The van der Waals surface area contributed by atoms with Crippen LogP contribution in [0.2, 0.25) is 0 Å². The van der Waals surface area contributed by atoms with Gasteiger partial charge in [-0.1, -0.05) is 0 Å². The molecule has 9 nitrogen and oxygen atoms in total. The molecule has 1 unspecified atom stereocenters. The SMILES string of the molecule is NCC(F)COCCOCCOCCOCCOCCNC(=O)O. The number of amides is 1. The van der Waals surface area contributed by atoms with Gasteiger partial charge in [-0.25, -0.2) is 9.18 Å². The van der Waals surface area contributed by atoms with E-state index in [2.05, 4.69) is 5.32 Å². The smallest absolute Gasteiger partial charge is 0.404 e. The van der Waals surface area contributed by atoms with Crippen molar-refractivity contribution in [3.05, 3.63) is 0 Å². The predicted octanol–water partition coefficient (Wildman–Crippen LogP) is -0.366. The Morgan fingerprint density at radius 2 is 1.29 bits per heavy atom. The van der Waals surface area contributed by atoms with Gasteiger partial charge in [0.25, 0.3) is 0 Å². The zero-order chi connectivity index (χ0) is 17.9. The Balaban J connectivity index is 3.01. The van der Waals surface area contributed by atoms with Crippen molar-refractivity contribution in [2.24, 2.45) is 5.73 Å². The molecule has 144 valence electrons. The van der Waals surface area contributed by atoms with Crippen LogP contribution in [0.4, 0.5) is 9.18 Å². The summed E-state index contributed by atoms with van der Waals surface area (Å²) in [5.41, 5.74) is 5.11. The molecular formula is C14H29FN2O7. The van der Waals surface area contributed by atoms with E-state index in [0.717, 1.165) is 0 Å². The van der Waals surface area contributed by atoms with Crippen molar-refractivity contribution in [3.8, 4) is 0 Å². The zero-order valence-corrected chi connectivity index (χ0v) is 13.9. The normalized spacial score (nSPS) is 12.2. The lowest BCUT2D eigenvalue weighted by atomic mass is 10.4. The average Bonchev–Trinajstić information content (AvgIpc) is 2.57. The highest BCUT2D eigenvalue weighted by molar-refractivity contribution is 5.64. The number of nitrogens with two attached hydrogens (primary N) is 1. The van der Waals surface area contributed by atoms with E-state index in [1.165, 1.54) is 0 Å². The second-order valence-electron chi connectivity index (χ2n) is 4.59. The summed E-state index contributed by atoms with van der Waals surface area (Å²) in [4.78, 5) is 10.1. The summed E-state index contributed by atoms with van der Waals surface area (Å²) >= 11 is 0. The molecule has 0 saturated carbocycles. The van der Waals surface area contributed by atoms with Crippen LogP contribution in [0, 0.1) is 0 Å². The van der Waals surface area contributed by atoms with Crippen molar-refractivity contribution in [2.45, 2.75) is 6.17 Å². The topological polar surface area (TPSA) is 122 Å². The predicted molar refractivity (Wildman–Crippen MR) is 84.1 cm³/mol. The zero-order valence-electron chi connectivity index (χ0n) is 13.9. The van der Waals surface area contributed by atoms with Gasteiger partial charge in [-0.2, -0.15) is 0 Å². The number of halogens is 1. The summed E-state index contributed by atoms with van der Waals surface area (Å²) in [5.74, 6) is 0. The number of carbonyl (C=O) groups is 1. The number of carboxylic acid groups (broad SMARTS) is 1. The van der Waals surface area contributed by atoms with Gasteiger partial charge in [0.15, 0.2) is 0 Å². The molecule has 0 fully saturated rings. The minimum absolute atomic E-state index is 0.00646. The Labute approximate surface area is 141 Å². The number of hydrogen-bond acceptors (Lipinski definition) is 7. The summed E-state index contributed by atoms with van der Waals surface area (Å²) in [6.45, 7) is 3.80. The van der Waals surface area contributed by atoms with E-state index in [1.54, 1.807) is 0 Å². The molecule has 0 aromatic carbocycles. The van der Waals surface area contributed by atoms with Crippen molar-refractivity contribution in [1.29, 1.82) is 0 Å². The van der Waals surface area contributed by atoms with E-state index in [-0.39, 0.29) is 19.7 Å². The molecule has 0 rings (SSSR count). The first kappa shape index (κ1) is 23.0. The molecule has 1 amide bonds. The van der Waals surface area contributed by atoms with E-state index in [9.17, 15) is 9.18 Å². The molecule has 0 aromatic rings. The van der Waals surface area contributed by atoms with E-state index in [4.69, 9.17) is 34.5 Å². The first-order valence-corrected chi connectivity index (χ1v) is 7.86. The average molecular weight is 356 g/mol. The molecular weight excluding hydrogens is 327 g/mol. The summed E-state index contributed by atoms with van der Waals surface area (Å²) in [7, 11) is 0. The van der Waals surface area contributed by atoms with E-state index < -0.39 is 12.3 Å². The lowest BCUT2D eigenvalue weighted by molar-refractivity contribution is -0.0143. The molecule has 0 heterocycles. The van der Waals surface area contributed by atoms with Crippen LogP contribution in [0.25, 0.3) is 0 Å². The van der Waals surface area contributed by atoms with E-state index >= 15 is 0 Å². The molecule has 4 N–H and O–H groups in total. The van der Waals surface area contributed by atoms with Gasteiger partial charge in [0.1, 0.15) is 6.17 Å². The third-order valence-corrected chi connectivity index (χ3v) is 2.57. The minimum atomic E-state index is -1.12. The highest BCUT2D eigenvalue weighted by atomic mass is 19.1. The largest absolute Gasteiger partial charge is 0.465 e. The molecule has 10 heteroatoms. The molecule has 0 aliphatic rings. The summed E-state index contributed by atoms with van der Waals surface area (Å²) in [6, 6.07) is 0. The Bertz CT molecular complexity index is 288. The van der Waals surface area contributed by atoms with Crippen molar-refractivity contribution >= 4 is 6.09 Å². The second kappa shape index (κ2) is 18.3. The van der Waals surface area contributed by atoms with E-state index in [1.807, 2.05) is 0 Å². The van der Waals surface area contributed by atoms with Crippen LogP contribution in [0.1, 0.15) is 0 Å². The standard InChI is InChI=1S/C14H29FN2O7/c15-13(11-16)12-24-10-9-23-8-7-22-6-5-21-4-3-20-2-1-17-14(18)19/h13,17H,1-12,16H2,(H,18,19). The van der Waals surface area contributed by atoms with Crippen LogP contribution in [-0.2, 0) is 23.7 Å². The summed E-state index contributed by atoms with van der Waals surface area (Å²) in [5, 5.41) is 10.5. The number of nitrogens with one attached hydrogen (secondary N) is 1. The third kappa shape index (κ3) is 19.0. The molecule has 24 heavy (non-hydrogen) atoms. The van der Waals surface area contributed by atoms with Gasteiger partial charge in [-0.3, -0.25) is 0 Å². The van der Waals surface area contributed by atoms with Gasteiger partial charge >= 0.3 is 6.09 Å². The van der Waals surface area contributed by atoms with Crippen LogP contribution in [-0.4, -0.2) is 96.5 Å². The Morgan fingerprint density at radius 3 is 1.71 bits per heavy atom. The van der Waals surface area contributed by atoms with Gasteiger partial charge in [-0.15, -0.1) is 0 Å². The van der Waals surface area contributed by atoms with Crippen LogP contribution in [0.3, 0.4) is 0 Å². The number of hydrogen-bond donors (Lipinski definition) is 3. The van der Waals surface area contributed by atoms with Crippen LogP contribution in [0.15, 0.2) is 0 Å². The van der Waals surface area contributed by atoms with Crippen molar-refractivity contribution in [3.63, 3.8) is 0 Å². The molecule has 0 radical (unpaired) electrons. The minimum Gasteiger partial charge on any atom is -0.465 e. The third-order valence-electron chi connectivity index (χ3n) is 2.57. The second-order valence-corrected chi connectivity index (χ2v) is 4.59. The molecule has 0 aliphatic heterocycles. The summed E-state index contributed by atoms with van der Waals surface area (Å²) < 4.78 is 38.6.